The second kappa shape index (κ2) is 9.19. The first kappa shape index (κ1) is 20.5. The van der Waals surface area contributed by atoms with Gasteiger partial charge in [-0.05, 0) is 58.5 Å². The number of aliphatic imine (C=N–C) groups is 1. The third kappa shape index (κ3) is 5.58. The van der Waals surface area contributed by atoms with Gasteiger partial charge in [0.15, 0.2) is 11.5 Å². The maximum absolute atomic E-state index is 13.3. The van der Waals surface area contributed by atoms with Crippen LogP contribution in [0.4, 0.5) is 10.1 Å². The van der Waals surface area contributed by atoms with Crippen LogP contribution in [-0.4, -0.2) is 32.9 Å². The summed E-state index contributed by atoms with van der Waals surface area (Å²) in [6.07, 6.45) is 1.97. The molecular formula is C15H20BrFN6O2S. The zero-order valence-corrected chi connectivity index (χ0v) is 16.5. The molecule has 0 amide bonds. The average molecular weight is 447 g/mol. The number of hydrogen-bond donors (Lipinski definition) is 4. The Morgan fingerprint density at radius 3 is 2.81 bits per heavy atom. The highest BCUT2D eigenvalue weighted by atomic mass is 79.9. The molecule has 8 nitrogen and oxygen atoms in total. The lowest BCUT2D eigenvalue weighted by molar-refractivity contribution is 0.234. The summed E-state index contributed by atoms with van der Waals surface area (Å²) in [5.74, 6) is 0.726. The van der Waals surface area contributed by atoms with Gasteiger partial charge in [0.1, 0.15) is 11.5 Å². The van der Waals surface area contributed by atoms with E-state index in [4.69, 9.17) is 14.2 Å². The van der Waals surface area contributed by atoms with Gasteiger partial charge in [0.25, 0.3) is 0 Å². The molecule has 1 aromatic carbocycles. The highest BCUT2D eigenvalue weighted by Gasteiger charge is 2.16. The molecule has 2 aromatic rings. The van der Waals surface area contributed by atoms with Crippen LogP contribution in [0.3, 0.4) is 0 Å². The number of halogens is 2. The van der Waals surface area contributed by atoms with Crippen molar-refractivity contribution < 1.29 is 14.2 Å². The van der Waals surface area contributed by atoms with Crippen LogP contribution in [0.2, 0.25) is 0 Å². The summed E-state index contributed by atoms with van der Waals surface area (Å²) in [6.45, 7) is 1.86. The quantitative estimate of drug-likeness (QED) is 0.210. The van der Waals surface area contributed by atoms with Gasteiger partial charge in [-0.2, -0.15) is 0 Å². The van der Waals surface area contributed by atoms with Crippen molar-refractivity contribution in [1.29, 1.82) is 9.56 Å². The minimum atomic E-state index is -2.01. The minimum absolute atomic E-state index is 0.0364. The Bertz CT molecular complexity index is 884. The van der Waals surface area contributed by atoms with Crippen molar-refractivity contribution in [1.82, 2.24) is 15.8 Å². The Morgan fingerprint density at radius 2 is 2.15 bits per heavy atom. The van der Waals surface area contributed by atoms with Crippen LogP contribution in [-0.2, 0) is 16.0 Å². The van der Waals surface area contributed by atoms with Gasteiger partial charge in [-0.1, -0.05) is 21.7 Å². The number of aromatic nitrogens is 2. The second-order valence-electron chi connectivity index (χ2n) is 5.56. The standard InChI is InChI=1S/C15H20BrFN6O2S/c1-2-26(18,19)8-4-3-5-13-14(23-25-22-13)15(21-24)20-10-6-7-12(17)11(16)9-10/h6-7,9,18-19,24H,2-5,8H2,1H3,(H,20,21). The number of aryl methyl sites for hydroxylation is 1. The fourth-order valence-electron chi connectivity index (χ4n) is 2.15. The van der Waals surface area contributed by atoms with Crippen LogP contribution >= 0.6 is 15.9 Å². The van der Waals surface area contributed by atoms with Crippen molar-refractivity contribution in [3.63, 3.8) is 0 Å². The molecule has 11 heteroatoms. The number of nitrogens with zero attached hydrogens (tertiary/aromatic N) is 3. The molecule has 0 spiro atoms. The Kier molecular flexibility index (Phi) is 7.23. The number of nitrogens with one attached hydrogen (secondary N) is 3. The van der Waals surface area contributed by atoms with E-state index >= 15 is 0 Å². The molecule has 1 heterocycles. The Balaban J connectivity index is 2.11. The molecule has 2 rings (SSSR count). The third-order valence-corrected chi connectivity index (χ3v) is 6.26. The largest absolute Gasteiger partial charge is 0.290 e. The Labute approximate surface area is 159 Å². The van der Waals surface area contributed by atoms with E-state index in [0.29, 0.717) is 35.7 Å². The molecule has 0 atom stereocenters. The summed E-state index contributed by atoms with van der Waals surface area (Å²) in [5, 5.41) is 17.0. The molecule has 0 radical (unpaired) electrons. The van der Waals surface area contributed by atoms with Crippen LogP contribution in [0.1, 0.15) is 31.2 Å². The van der Waals surface area contributed by atoms with E-state index in [0.717, 1.165) is 6.42 Å². The van der Waals surface area contributed by atoms with E-state index in [-0.39, 0.29) is 16.0 Å². The number of benzene rings is 1. The summed E-state index contributed by atoms with van der Waals surface area (Å²) < 4.78 is 34.0. The van der Waals surface area contributed by atoms with Crippen molar-refractivity contribution in [2.45, 2.75) is 26.2 Å². The average Bonchev–Trinajstić information content (AvgIpc) is 3.08. The molecule has 0 aliphatic heterocycles. The van der Waals surface area contributed by atoms with E-state index in [1.165, 1.54) is 18.2 Å². The minimum Gasteiger partial charge on any atom is -0.290 e. The SMILES string of the molecule is CCS(=N)(=N)CCCCc1nonc1C(=Nc1ccc(F)c(Br)c1)NO. The van der Waals surface area contributed by atoms with Gasteiger partial charge in [0.2, 0.25) is 0 Å². The fourth-order valence-corrected chi connectivity index (χ4v) is 3.50. The number of hydroxylamine groups is 1. The van der Waals surface area contributed by atoms with E-state index < -0.39 is 15.4 Å². The Hall–Kier alpha value is -1.85. The smallest absolute Gasteiger partial charge is 0.181 e. The maximum atomic E-state index is 13.3. The number of amidine groups is 1. The van der Waals surface area contributed by atoms with E-state index in [1.54, 1.807) is 0 Å². The van der Waals surface area contributed by atoms with Crippen LogP contribution in [0, 0.1) is 15.4 Å². The van der Waals surface area contributed by atoms with Gasteiger partial charge in [0.05, 0.1) is 10.2 Å². The van der Waals surface area contributed by atoms with Gasteiger partial charge in [-0.25, -0.2) is 14.0 Å². The summed E-state index contributed by atoms with van der Waals surface area (Å²) in [7, 11) is -2.01. The molecule has 0 saturated heterocycles. The summed E-state index contributed by atoms with van der Waals surface area (Å²) in [5.41, 5.74) is 3.16. The molecule has 142 valence electrons. The fraction of sp³-hybridized carbons (Fsp3) is 0.400. The van der Waals surface area contributed by atoms with Crippen LogP contribution in [0.15, 0.2) is 32.3 Å². The number of unbranched alkanes of at least 4 members (excludes halogenated alkanes) is 1. The van der Waals surface area contributed by atoms with Gasteiger partial charge in [-0.3, -0.25) is 20.2 Å². The van der Waals surface area contributed by atoms with Gasteiger partial charge in [0, 0.05) is 11.5 Å². The third-order valence-electron chi connectivity index (χ3n) is 3.68. The van der Waals surface area contributed by atoms with Crippen LogP contribution in [0.5, 0.6) is 0 Å². The number of rotatable bonds is 8. The first-order valence-corrected chi connectivity index (χ1v) is 10.7. The molecule has 0 bridgehead atoms. The summed E-state index contributed by atoms with van der Waals surface area (Å²) >= 11 is 3.08. The van der Waals surface area contributed by atoms with Crippen molar-refractivity contribution in [3.05, 3.63) is 39.9 Å². The molecule has 4 N–H and O–H groups in total. The normalized spacial score (nSPS) is 12.4. The Morgan fingerprint density at radius 1 is 1.38 bits per heavy atom. The van der Waals surface area contributed by atoms with Gasteiger partial charge in [-0.15, -0.1) is 0 Å². The maximum Gasteiger partial charge on any atom is 0.181 e. The van der Waals surface area contributed by atoms with Crippen LogP contribution in [0.25, 0.3) is 0 Å². The highest BCUT2D eigenvalue weighted by molar-refractivity contribution is 9.10. The van der Waals surface area contributed by atoms with E-state index in [2.05, 4.69) is 31.2 Å². The molecule has 0 unspecified atom stereocenters. The lowest BCUT2D eigenvalue weighted by Crippen LogP contribution is -2.22. The lowest BCUT2D eigenvalue weighted by Gasteiger charge is -2.07. The van der Waals surface area contributed by atoms with Crippen molar-refractivity contribution in [2.24, 2.45) is 4.99 Å². The summed E-state index contributed by atoms with van der Waals surface area (Å²) in [4.78, 5) is 4.20. The van der Waals surface area contributed by atoms with E-state index in [1.807, 2.05) is 12.4 Å². The monoisotopic (exact) mass is 446 g/mol. The predicted molar refractivity (Wildman–Crippen MR) is 101 cm³/mol. The van der Waals surface area contributed by atoms with Crippen molar-refractivity contribution >= 4 is 37.1 Å². The lowest BCUT2D eigenvalue weighted by atomic mass is 10.1. The zero-order chi connectivity index (χ0) is 19.2. The van der Waals surface area contributed by atoms with Crippen LogP contribution < -0.4 is 5.48 Å². The zero-order valence-electron chi connectivity index (χ0n) is 14.1. The molecular weight excluding hydrogens is 427 g/mol. The molecule has 26 heavy (non-hydrogen) atoms. The molecule has 0 fully saturated rings. The van der Waals surface area contributed by atoms with Crippen molar-refractivity contribution in [2.75, 3.05) is 11.5 Å². The highest BCUT2D eigenvalue weighted by Crippen LogP contribution is 2.23. The molecule has 0 aliphatic carbocycles. The van der Waals surface area contributed by atoms with Gasteiger partial charge >= 0.3 is 0 Å². The first-order valence-electron chi connectivity index (χ1n) is 7.90. The molecule has 0 saturated carbocycles. The second-order valence-corrected chi connectivity index (χ2v) is 9.17. The molecule has 1 aromatic heterocycles. The van der Waals surface area contributed by atoms with E-state index in [9.17, 15) is 9.60 Å². The predicted octanol–water partition coefficient (Wildman–Crippen LogP) is 4.05. The first-order chi connectivity index (χ1) is 12.4. The van der Waals surface area contributed by atoms with Crippen molar-refractivity contribution in [3.8, 4) is 0 Å². The summed E-state index contributed by atoms with van der Waals surface area (Å²) in [6, 6.07) is 4.18. The topological polar surface area (TPSA) is 131 Å². The number of hydrogen-bond acceptors (Lipinski definition) is 7. The van der Waals surface area contributed by atoms with Gasteiger partial charge < -0.3 is 0 Å². The molecule has 0 aliphatic rings.